The van der Waals surface area contributed by atoms with Crippen LogP contribution in [0.3, 0.4) is 0 Å². The summed E-state index contributed by atoms with van der Waals surface area (Å²) >= 11 is 9.34. The summed E-state index contributed by atoms with van der Waals surface area (Å²) in [6.07, 6.45) is 0.629. The molecule has 0 amide bonds. The maximum Gasteiger partial charge on any atom is 0.125 e. The van der Waals surface area contributed by atoms with Gasteiger partial charge in [-0.15, -0.1) is 11.6 Å². The summed E-state index contributed by atoms with van der Waals surface area (Å²) in [5, 5.41) is 0. The van der Waals surface area contributed by atoms with E-state index in [1.54, 1.807) is 6.07 Å². The number of benzene rings is 2. The van der Waals surface area contributed by atoms with Crippen LogP contribution in [-0.2, 0) is 6.42 Å². The number of imidazole rings is 1. The number of alkyl halides is 1. The summed E-state index contributed by atoms with van der Waals surface area (Å²) in [4.78, 5) is 4.64. The monoisotopic (exact) mass is 366 g/mol. The van der Waals surface area contributed by atoms with Crippen molar-refractivity contribution in [2.45, 2.75) is 13.3 Å². The molecule has 0 aliphatic rings. The lowest BCUT2D eigenvalue weighted by Crippen LogP contribution is -2.04. The van der Waals surface area contributed by atoms with Gasteiger partial charge >= 0.3 is 0 Å². The number of aromatic nitrogens is 2. The summed E-state index contributed by atoms with van der Waals surface area (Å²) in [6.45, 7) is 1.96. The largest absolute Gasteiger partial charge is 0.296 e. The topological polar surface area (TPSA) is 17.8 Å². The van der Waals surface area contributed by atoms with Crippen LogP contribution >= 0.6 is 27.5 Å². The van der Waals surface area contributed by atoms with Gasteiger partial charge in [-0.2, -0.15) is 0 Å². The van der Waals surface area contributed by atoms with E-state index in [0.717, 1.165) is 32.6 Å². The molecule has 0 unspecified atom stereocenters. The average molecular weight is 368 g/mol. The molecule has 3 aromatic rings. The second-order valence-corrected chi connectivity index (χ2v) is 6.16. The average Bonchev–Trinajstić information content (AvgIpc) is 2.79. The third kappa shape index (κ3) is 2.70. The highest BCUT2D eigenvalue weighted by Gasteiger charge is 2.14. The van der Waals surface area contributed by atoms with Gasteiger partial charge < -0.3 is 0 Å². The Morgan fingerprint density at radius 3 is 2.81 bits per heavy atom. The van der Waals surface area contributed by atoms with Crippen LogP contribution < -0.4 is 0 Å². The molecule has 0 bridgehead atoms. The number of rotatable bonds is 3. The van der Waals surface area contributed by atoms with Gasteiger partial charge in [-0.3, -0.25) is 4.57 Å². The lowest BCUT2D eigenvalue weighted by molar-refractivity contribution is 0.626. The van der Waals surface area contributed by atoms with Crippen LogP contribution in [0.4, 0.5) is 4.39 Å². The smallest absolute Gasteiger partial charge is 0.125 e. The van der Waals surface area contributed by atoms with Crippen molar-refractivity contribution in [3.8, 4) is 5.69 Å². The number of fused-ring (bicyclic) bond motifs is 1. The SMILES string of the molecule is Cc1ccc(F)cc1-n1c(CCCl)nc2cc(Br)ccc21. The van der Waals surface area contributed by atoms with Crippen molar-refractivity contribution in [1.29, 1.82) is 0 Å². The minimum atomic E-state index is -0.258. The van der Waals surface area contributed by atoms with E-state index in [9.17, 15) is 4.39 Å². The van der Waals surface area contributed by atoms with Crippen LogP contribution in [0.5, 0.6) is 0 Å². The van der Waals surface area contributed by atoms with E-state index in [-0.39, 0.29) is 5.82 Å². The molecule has 2 aromatic carbocycles. The highest BCUT2D eigenvalue weighted by Crippen LogP contribution is 2.27. The predicted octanol–water partition coefficient (Wildman–Crippen LogP) is 5.02. The molecule has 0 aliphatic heterocycles. The van der Waals surface area contributed by atoms with E-state index >= 15 is 0 Å². The van der Waals surface area contributed by atoms with Crippen molar-refractivity contribution in [2.24, 2.45) is 0 Å². The molecule has 3 rings (SSSR count). The third-order valence-electron chi connectivity index (χ3n) is 3.42. The zero-order valence-electron chi connectivity index (χ0n) is 11.4. The first-order valence-corrected chi connectivity index (χ1v) is 7.92. The van der Waals surface area contributed by atoms with Gasteiger partial charge in [0.25, 0.3) is 0 Å². The van der Waals surface area contributed by atoms with Gasteiger partial charge in [-0.25, -0.2) is 9.37 Å². The fourth-order valence-electron chi connectivity index (χ4n) is 2.45. The van der Waals surface area contributed by atoms with Crippen LogP contribution in [0.25, 0.3) is 16.7 Å². The molecule has 2 nitrogen and oxygen atoms in total. The van der Waals surface area contributed by atoms with E-state index in [1.165, 1.54) is 12.1 Å². The van der Waals surface area contributed by atoms with Crippen LogP contribution in [0, 0.1) is 12.7 Å². The van der Waals surface area contributed by atoms with Gasteiger partial charge in [0.1, 0.15) is 11.6 Å². The predicted molar refractivity (Wildman–Crippen MR) is 87.9 cm³/mol. The normalized spacial score (nSPS) is 11.2. The number of hydrogen-bond acceptors (Lipinski definition) is 1. The van der Waals surface area contributed by atoms with Crippen LogP contribution in [-0.4, -0.2) is 15.4 Å². The van der Waals surface area contributed by atoms with Gasteiger partial charge in [-0.05, 0) is 42.8 Å². The molecule has 0 spiro atoms. The Hall–Kier alpha value is -1.39. The molecule has 0 aliphatic carbocycles. The van der Waals surface area contributed by atoms with Gasteiger partial charge in [0.05, 0.1) is 16.7 Å². The van der Waals surface area contributed by atoms with Crippen molar-refractivity contribution in [1.82, 2.24) is 9.55 Å². The molecule has 0 saturated heterocycles. The fourth-order valence-corrected chi connectivity index (χ4v) is 2.97. The highest BCUT2D eigenvalue weighted by molar-refractivity contribution is 9.10. The van der Waals surface area contributed by atoms with Crippen molar-refractivity contribution < 1.29 is 4.39 Å². The molecule has 0 N–H and O–H groups in total. The Morgan fingerprint density at radius 1 is 1.24 bits per heavy atom. The molecule has 0 atom stereocenters. The maximum absolute atomic E-state index is 13.7. The van der Waals surface area contributed by atoms with Crippen LogP contribution in [0.1, 0.15) is 11.4 Å². The van der Waals surface area contributed by atoms with E-state index in [2.05, 4.69) is 20.9 Å². The van der Waals surface area contributed by atoms with Gasteiger partial charge in [0, 0.05) is 16.8 Å². The Labute approximate surface area is 135 Å². The fraction of sp³-hybridized carbons (Fsp3) is 0.188. The number of aryl methyl sites for hydroxylation is 2. The summed E-state index contributed by atoms with van der Waals surface area (Å²) < 4.78 is 16.6. The van der Waals surface area contributed by atoms with Gasteiger partial charge in [-0.1, -0.05) is 22.0 Å². The van der Waals surface area contributed by atoms with Crippen LogP contribution in [0.2, 0.25) is 0 Å². The lowest BCUT2D eigenvalue weighted by atomic mass is 10.2. The van der Waals surface area contributed by atoms with Crippen LogP contribution in [0.15, 0.2) is 40.9 Å². The minimum absolute atomic E-state index is 0.258. The summed E-state index contributed by atoms with van der Waals surface area (Å²) in [5.41, 5.74) is 3.62. The quantitative estimate of drug-likeness (QED) is 0.595. The Morgan fingerprint density at radius 2 is 2.05 bits per heavy atom. The Kier molecular flexibility index (Phi) is 4.00. The van der Waals surface area contributed by atoms with Crippen molar-refractivity contribution in [3.05, 3.63) is 58.1 Å². The van der Waals surface area contributed by atoms with E-state index in [4.69, 9.17) is 11.6 Å². The molecular weight excluding hydrogens is 355 g/mol. The molecule has 21 heavy (non-hydrogen) atoms. The van der Waals surface area contributed by atoms with Crippen molar-refractivity contribution in [3.63, 3.8) is 0 Å². The first-order valence-electron chi connectivity index (χ1n) is 6.59. The zero-order valence-corrected chi connectivity index (χ0v) is 13.7. The molecule has 108 valence electrons. The summed E-state index contributed by atoms with van der Waals surface area (Å²) in [7, 11) is 0. The third-order valence-corrected chi connectivity index (χ3v) is 4.10. The highest BCUT2D eigenvalue weighted by atomic mass is 79.9. The molecule has 0 fully saturated rings. The minimum Gasteiger partial charge on any atom is -0.296 e. The first-order chi connectivity index (χ1) is 10.1. The lowest BCUT2D eigenvalue weighted by Gasteiger charge is -2.12. The Bertz CT molecular complexity index is 813. The second kappa shape index (κ2) is 5.78. The number of hydrogen-bond donors (Lipinski definition) is 0. The molecule has 1 aromatic heterocycles. The van der Waals surface area contributed by atoms with E-state index < -0.39 is 0 Å². The molecule has 1 heterocycles. The van der Waals surface area contributed by atoms with Gasteiger partial charge in [0.15, 0.2) is 0 Å². The molecule has 0 radical (unpaired) electrons. The van der Waals surface area contributed by atoms with Crippen molar-refractivity contribution in [2.75, 3.05) is 5.88 Å². The summed E-state index contributed by atoms with van der Waals surface area (Å²) in [6, 6.07) is 10.7. The summed E-state index contributed by atoms with van der Waals surface area (Å²) in [5.74, 6) is 1.05. The molecular formula is C16H13BrClFN2. The number of nitrogens with zero attached hydrogens (tertiary/aromatic N) is 2. The standard InChI is InChI=1S/C16H13BrClFN2/c1-10-2-4-12(19)9-15(10)21-14-5-3-11(17)8-13(14)20-16(21)6-7-18/h2-5,8-9H,6-7H2,1H3. The molecule has 0 saturated carbocycles. The van der Waals surface area contributed by atoms with E-state index in [1.807, 2.05) is 29.7 Å². The Balaban J connectivity index is 2.33. The van der Waals surface area contributed by atoms with Gasteiger partial charge in [0.2, 0.25) is 0 Å². The second-order valence-electron chi connectivity index (χ2n) is 4.87. The zero-order chi connectivity index (χ0) is 15.0. The molecule has 5 heteroatoms. The maximum atomic E-state index is 13.7. The first kappa shape index (κ1) is 14.5. The number of halogens is 3. The van der Waals surface area contributed by atoms with Crippen molar-refractivity contribution >= 4 is 38.6 Å². The van der Waals surface area contributed by atoms with E-state index in [0.29, 0.717) is 12.3 Å².